The highest BCUT2D eigenvalue weighted by Crippen LogP contribution is 2.09. The maximum absolute atomic E-state index is 11.6. The predicted molar refractivity (Wildman–Crippen MR) is 33.9 cm³/mol. The van der Waals surface area contributed by atoms with Crippen LogP contribution in [0, 0.1) is 5.92 Å². The Hall–Kier alpha value is -0.670. The zero-order valence-corrected chi connectivity index (χ0v) is 6.03. The number of carbonyl (C=O) groups is 1. The Morgan fingerprint density at radius 3 is 2.40 bits per heavy atom. The van der Waals surface area contributed by atoms with Gasteiger partial charge in [-0.05, 0) is 0 Å². The second kappa shape index (κ2) is 4.19. The predicted octanol–water partition coefficient (Wildman–Crippen LogP) is 1.02. The van der Waals surface area contributed by atoms with E-state index >= 15 is 0 Å². The third kappa shape index (κ3) is 3.37. The summed E-state index contributed by atoms with van der Waals surface area (Å²) in [4.78, 5) is 10.6. The zero-order chi connectivity index (χ0) is 8.15. The lowest BCUT2D eigenvalue weighted by Crippen LogP contribution is -2.26. The Balaban J connectivity index is 3.61. The van der Waals surface area contributed by atoms with E-state index in [1.807, 2.05) is 0 Å². The number of rotatable bonds is 3. The van der Waals surface area contributed by atoms with E-state index in [0.29, 0.717) is 0 Å². The molecule has 0 aromatic heterocycles. The van der Waals surface area contributed by atoms with E-state index in [1.54, 1.807) is 0 Å². The Kier molecular flexibility index (Phi) is 3.91. The van der Waals surface area contributed by atoms with Crippen molar-refractivity contribution in [3.05, 3.63) is 0 Å². The molecule has 0 unspecified atom stereocenters. The SMILES string of the molecule is CNC(=O)[C@H](C)CC(F)F. The summed E-state index contributed by atoms with van der Waals surface area (Å²) in [5.74, 6) is -0.926. The monoisotopic (exact) mass is 151 g/mol. The van der Waals surface area contributed by atoms with Gasteiger partial charge in [-0.1, -0.05) is 6.92 Å². The molecule has 0 saturated heterocycles. The summed E-state index contributed by atoms with van der Waals surface area (Å²) in [6.07, 6.45) is -2.76. The minimum absolute atomic E-state index is 0.333. The van der Waals surface area contributed by atoms with Crippen molar-refractivity contribution < 1.29 is 13.6 Å². The third-order valence-electron chi connectivity index (χ3n) is 1.23. The average Bonchev–Trinajstić information content (AvgIpc) is 1.85. The molecule has 0 saturated carbocycles. The van der Waals surface area contributed by atoms with E-state index in [2.05, 4.69) is 5.32 Å². The number of halogens is 2. The summed E-state index contributed by atoms with van der Waals surface area (Å²) in [5.41, 5.74) is 0. The van der Waals surface area contributed by atoms with Gasteiger partial charge in [0.25, 0.3) is 0 Å². The zero-order valence-electron chi connectivity index (χ0n) is 6.03. The molecular formula is C6H11F2NO. The van der Waals surface area contributed by atoms with Gasteiger partial charge in [-0.3, -0.25) is 4.79 Å². The first kappa shape index (κ1) is 9.33. The Morgan fingerprint density at radius 2 is 2.10 bits per heavy atom. The van der Waals surface area contributed by atoms with E-state index in [0.717, 1.165) is 0 Å². The lowest BCUT2D eigenvalue weighted by Gasteiger charge is -2.07. The van der Waals surface area contributed by atoms with E-state index in [-0.39, 0.29) is 12.3 Å². The summed E-state index contributed by atoms with van der Waals surface area (Å²) >= 11 is 0. The molecule has 4 heteroatoms. The highest BCUT2D eigenvalue weighted by molar-refractivity contribution is 5.77. The fourth-order valence-corrected chi connectivity index (χ4v) is 0.621. The lowest BCUT2D eigenvalue weighted by molar-refractivity contribution is -0.125. The van der Waals surface area contributed by atoms with Gasteiger partial charge in [-0.15, -0.1) is 0 Å². The van der Waals surface area contributed by atoms with Gasteiger partial charge in [-0.25, -0.2) is 8.78 Å². The molecule has 1 atom stereocenters. The first-order chi connectivity index (χ1) is 4.57. The Labute approximate surface area is 58.6 Å². The average molecular weight is 151 g/mol. The van der Waals surface area contributed by atoms with Crippen LogP contribution in [0.1, 0.15) is 13.3 Å². The summed E-state index contributed by atoms with van der Waals surface area (Å²) in [6, 6.07) is 0. The Bertz CT molecular complexity index is 116. The number of alkyl halides is 2. The van der Waals surface area contributed by atoms with Gasteiger partial charge >= 0.3 is 0 Å². The number of carbonyl (C=O) groups excluding carboxylic acids is 1. The van der Waals surface area contributed by atoms with Crippen LogP contribution in [0.15, 0.2) is 0 Å². The maximum Gasteiger partial charge on any atom is 0.239 e. The van der Waals surface area contributed by atoms with Gasteiger partial charge in [0.05, 0.1) is 0 Å². The highest BCUT2D eigenvalue weighted by atomic mass is 19.3. The minimum atomic E-state index is -2.40. The second-order valence-electron chi connectivity index (χ2n) is 2.14. The van der Waals surface area contributed by atoms with Crippen LogP contribution in [0.25, 0.3) is 0 Å². The maximum atomic E-state index is 11.6. The van der Waals surface area contributed by atoms with Crippen molar-refractivity contribution in [1.82, 2.24) is 5.32 Å². The topological polar surface area (TPSA) is 29.1 Å². The molecule has 0 bridgehead atoms. The molecule has 1 amide bonds. The lowest BCUT2D eigenvalue weighted by atomic mass is 10.1. The van der Waals surface area contributed by atoms with Crippen molar-refractivity contribution in [3.63, 3.8) is 0 Å². The second-order valence-corrected chi connectivity index (χ2v) is 2.14. The van der Waals surface area contributed by atoms with Crippen molar-refractivity contribution in [1.29, 1.82) is 0 Å². The van der Waals surface area contributed by atoms with E-state index in [4.69, 9.17) is 0 Å². The number of hydrogen-bond donors (Lipinski definition) is 1. The molecule has 0 fully saturated rings. The highest BCUT2D eigenvalue weighted by Gasteiger charge is 2.15. The molecule has 0 radical (unpaired) electrons. The van der Waals surface area contributed by atoms with Gasteiger partial charge in [0.2, 0.25) is 12.3 Å². The molecule has 0 rings (SSSR count). The van der Waals surface area contributed by atoms with Crippen LogP contribution in [0.2, 0.25) is 0 Å². The molecule has 0 aromatic carbocycles. The molecule has 0 aromatic rings. The van der Waals surface area contributed by atoms with Crippen molar-refractivity contribution >= 4 is 5.91 Å². The summed E-state index contributed by atoms with van der Waals surface area (Å²) in [7, 11) is 1.43. The molecule has 1 N–H and O–H groups in total. The first-order valence-corrected chi connectivity index (χ1v) is 3.07. The largest absolute Gasteiger partial charge is 0.359 e. The molecule has 0 spiro atoms. The van der Waals surface area contributed by atoms with Crippen molar-refractivity contribution in [2.75, 3.05) is 7.05 Å². The van der Waals surface area contributed by atoms with Crippen LogP contribution in [-0.2, 0) is 4.79 Å². The van der Waals surface area contributed by atoms with Crippen LogP contribution in [0.4, 0.5) is 8.78 Å². The molecule has 10 heavy (non-hydrogen) atoms. The fourth-order valence-electron chi connectivity index (χ4n) is 0.621. The van der Waals surface area contributed by atoms with Gasteiger partial charge in [0.15, 0.2) is 0 Å². The van der Waals surface area contributed by atoms with Crippen LogP contribution < -0.4 is 5.32 Å². The van der Waals surface area contributed by atoms with Gasteiger partial charge in [-0.2, -0.15) is 0 Å². The number of hydrogen-bond acceptors (Lipinski definition) is 1. The van der Waals surface area contributed by atoms with Crippen molar-refractivity contribution in [2.24, 2.45) is 5.92 Å². The van der Waals surface area contributed by atoms with E-state index < -0.39 is 12.3 Å². The fraction of sp³-hybridized carbons (Fsp3) is 0.833. The van der Waals surface area contributed by atoms with Crippen molar-refractivity contribution in [2.45, 2.75) is 19.8 Å². The summed E-state index contributed by atoms with van der Waals surface area (Å²) in [5, 5.41) is 2.30. The molecule has 0 aliphatic heterocycles. The number of amides is 1. The van der Waals surface area contributed by atoms with E-state index in [1.165, 1.54) is 14.0 Å². The van der Waals surface area contributed by atoms with Crippen molar-refractivity contribution in [3.8, 4) is 0 Å². The molecule has 60 valence electrons. The van der Waals surface area contributed by atoms with E-state index in [9.17, 15) is 13.6 Å². The summed E-state index contributed by atoms with van der Waals surface area (Å²) < 4.78 is 23.2. The van der Waals surface area contributed by atoms with Gasteiger partial charge in [0.1, 0.15) is 0 Å². The van der Waals surface area contributed by atoms with Gasteiger partial charge in [0, 0.05) is 19.4 Å². The van der Waals surface area contributed by atoms with Crippen LogP contribution in [-0.4, -0.2) is 19.4 Å². The molecule has 0 heterocycles. The molecule has 0 aliphatic rings. The van der Waals surface area contributed by atoms with Gasteiger partial charge < -0.3 is 5.32 Å². The molecular weight excluding hydrogens is 140 g/mol. The molecule has 2 nitrogen and oxygen atoms in total. The van der Waals surface area contributed by atoms with Crippen LogP contribution in [0.3, 0.4) is 0 Å². The molecule has 0 aliphatic carbocycles. The minimum Gasteiger partial charge on any atom is -0.359 e. The summed E-state index contributed by atoms with van der Waals surface area (Å²) in [6.45, 7) is 1.48. The Morgan fingerprint density at radius 1 is 1.60 bits per heavy atom. The first-order valence-electron chi connectivity index (χ1n) is 3.07. The normalized spacial score (nSPS) is 13.3. The van der Waals surface area contributed by atoms with Crippen LogP contribution in [0.5, 0.6) is 0 Å². The van der Waals surface area contributed by atoms with Crippen LogP contribution >= 0.6 is 0 Å². The standard InChI is InChI=1S/C6H11F2NO/c1-4(3-5(7)8)6(10)9-2/h4-5H,3H2,1-2H3,(H,9,10)/t4-/m1/s1. The number of nitrogens with one attached hydrogen (secondary N) is 1. The third-order valence-corrected chi connectivity index (χ3v) is 1.23. The quantitative estimate of drug-likeness (QED) is 0.641. The smallest absolute Gasteiger partial charge is 0.239 e.